The van der Waals surface area contributed by atoms with Crippen LogP contribution in [0.2, 0.25) is 0 Å². The lowest BCUT2D eigenvalue weighted by atomic mass is 9.76. The van der Waals surface area contributed by atoms with Gasteiger partial charge < -0.3 is 4.42 Å². The molecule has 0 saturated carbocycles. The Morgan fingerprint density at radius 1 is 1.12 bits per heavy atom. The second-order valence-corrected chi connectivity index (χ2v) is 4.93. The summed E-state index contributed by atoms with van der Waals surface area (Å²) in [6.07, 6.45) is 11.6. The lowest BCUT2D eigenvalue weighted by molar-refractivity contribution is 0.501. The maximum atomic E-state index is 5.92. The van der Waals surface area contributed by atoms with E-state index in [0.717, 1.165) is 11.3 Å². The zero-order valence-electron chi connectivity index (χ0n) is 9.60. The molecule has 0 spiro atoms. The minimum atomic E-state index is 0.521. The predicted octanol–water partition coefficient (Wildman–Crippen LogP) is 4.51. The molecule has 2 atom stereocenters. The maximum Gasteiger partial charge on any atom is 0.135 e. The van der Waals surface area contributed by atoms with Crippen LogP contribution in [0, 0.1) is 5.92 Å². The third-order valence-corrected chi connectivity index (χ3v) is 3.96. The molecule has 1 aromatic carbocycles. The summed E-state index contributed by atoms with van der Waals surface area (Å²) in [4.78, 5) is 0. The molecule has 0 radical (unpaired) electrons. The fourth-order valence-corrected chi connectivity index (χ4v) is 3.14. The Hall–Kier alpha value is -1.76. The number of benzene rings is 1. The van der Waals surface area contributed by atoms with E-state index >= 15 is 0 Å². The van der Waals surface area contributed by atoms with Gasteiger partial charge in [-0.25, -0.2) is 0 Å². The summed E-state index contributed by atoms with van der Waals surface area (Å²) in [6.45, 7) is 0. The molecule has 0 amide bonds. The standard InChI is InChI=1S/C16H14O/c1-2-6-12-11(5-1)9-10-15-16(12)13-7-3-4-8-14(13)17-15/h2-4,6-12H,1,5H2. The van der Waals surface area contributed by atoms with Crippen molar-refractivity contribution in [2.45, 2.75) is 18.8 Å². The van der Waals surface area contributed by atoms with E-state index in [2.05, 4.69) is 42.5 Å². The number of hydrogen-bond donors (Lipinski definition) is 0. The summed E-state index contributed by atoms with van der Waals surface area (Å²) < 4.78 is 5.92. The van der Waals surface area contributed by atoms with Crippen LogP contribution in [0.1, 0.15) is 30.1 Å². The summed E-state index contributed by atoms with van der Waals surface area (Å²) in [5.74, 6) is 2.24. The highest BCUT2D eigenvalue weighted by molar-refractivity contribution is 5.86. The molecule has 0 N–H and O–H groups in total. The van der Waals surface area contributed by atoms with Crippen molar-refractivity contribution in [1.29, 1.82) is 0 Å². The Kier molecular flexibility index (Phi) is 1.84. The minimum absolute atomic E-state index is 0.521. The van der Waals surface area contributed by atoms with Gasteiger partial charge in [-0.15, -0.1) is 0 Å². The van der Waals surface area contributed by atoms with Crippen molar-refractivity contribution in [3.63, 3.8) is 0 Å². The molecule has 17 heavy (non-hydrogen) atoms. The Balaban J connectivity index is 2.02. The van der Waals surface area contributed by atoms with Gasteiger partial charge in [-0.2, -0.15) is 0 Å². The SMILES string of the molecule is C1=CC2c3c(oc4ccccc34)C=CC2CC1. The van der Waals surface area contributed by atoms with E-state index in [1.807, 2.05) is 6.07 Å². The number of allylic oxidation sites excluding steroid dienone is 3. The fourth-order valence-electron chi connectivity index (χ4n) is 3.14. The highest BCUT2D eigenvalue weighted by atomic mass is 16.3. The van der Waals surface area contributed by atoms with Gasteiger partial charge in [0.2, 0.25) is 0 Å². The van der Waals surface area contributed by atoms with Gasteiger partial charge >= 0.3 is 0 Å². The van der Waals surface area contributed by atoms with E-state index in [1.54, 1.807) is 0 Å². The van der Waals surface area contributed by atoms with E-state index in [4.69, 9.17) is 4.42 Å². The van der Waals surface area contributed by atoms with Crippen molar-refractivity contribution >= 4 is 17.0 Å². The molecule has 1 nitrogen and oxygen atoms in total. The van der Waals surface area contributed by atoms with Crippen LogP contribution in [0.15, 0.2) is 46.9 Å². The Morgan fingerprint density at radius 3 is 3.06 bits per heavy atom. The van der Waals surface area contributed by atoms with Gasteiger partial charge in [0, 0.05) is 16.9 Å². The zero-order valence-corrected chi connectivity index (χ0v) is 9.60. The van der Waals surface area contributed by atoms with Crippen LogP contribution in [-0.2, 0) is 0 Å². The maximum absolute atomic E-state index is 5.92. The van der Waals surface area contributed by atoms with Gasteiger partial charge in [0.15, 0.2) is 0 Å². The average Bonchev–Trinajstić information content (AvgIpc) is 2.77. The molecular formula is C16H14O. The van der Waals surface area contributed by atoms with E-state index in [0.29, 0.717) is 11.8 Å². The molecule has 2 unspecified atom stereocenters. The third-order valence-electron chi connectivity index (χ3n) is 3.96. The fraction of sp³-hybridized carbons (Fsp3) is 0.250. The van der Waals surface area contributed by atoms with Gasteiger partial charge in [-0.3, -0.25) is 0 Å². The molecule has 0 saturated heterocycles. The van der Waals surface area contributed by atoms with Crippen LogP contribution in [0.4, 0.5) is 0 Å². The highest BCUT2D eigenvalue weighted by Crippen LogP contribution is 2.44. The van der Waals surface area contributed by atoms with Crippen molar-refractivity contribution in [1.82, 2.24) is 0 Å². The molecule has 2 aliphatic carbocycles. The van der Waals surface area contributed by atoms with Gasteiger partial charge in [0.1, 0.15) is 11.3 Å². The van der Waals surface area contributed by atoms with Gasteiger partial charge in [0.05, 0.1) is 0 Å². The molecule has 1 heterocycles. The van der Waals surface area contributed by atoms with E-state index in [-0.39, 0.29) is 0 Å². The molecule has 1 heteroatoms. The van der Waals surface area contributed by atoms with Crippen LogP contribution >= 0.6 is 0 Å². The molecule has 4 rings (SSSR count). The topological polar surface area (TPSA) is 13.1 Å². The molecule has 0 fully saturated rings. The Bertz CT molecular complexity index is 630. The third kappa shape index (κ3) is 1.25. The molecule has 84 valence electrons. The molecule has 2 aromatic rings. The smallest absolute Gasteiger partial charge is 0.135 e. The largest absolute Gasteiger partial charge is 0.456 e. The van der Waals surface area contributed by atoms with Crippen molar-refractivity contribution < 1.29 is 4.42 Å². The zero-order chi connectivity index (χ0) is 11.2. The summed E-state index contributed by atoms with van der Waals surface area (Å²) >= 11 is 0. The van der Waals surface area contributed by atoms with E-state index < -0.39 is 0 Å². The lowest BCUT2D eigenvalue weighted by Gasteiger charge is -2.27. The summed E-state index contributed by atoms with van der Waals surface area (Å²) in [5.41, 5.74) is 2.41. The van der Waals surface area contributed by atoms with Gasteiger partial charge in [0.25, 0.3) is 0 Å². The molecule has 0 bridgehead atoms. The second kappa shape index (κ2) is 3.36. The lowest BCUT2D eigenvalue weighted by Crippen LogP contribution is -2.15. The van der Waals surface area contributed by atoms with Gasteiger partial charge in [-0.1, -0.05) is 36.4 Å². The minimum Gasteiger partial charge on any atom is -0.456 e. The first-order valence-corrected chi connectivity index (χ1v) is 6.30. The number of rotatable bonds is 0. The molecule has 1 aromatic heterocycles. The second-order valence-electron chi connectivity index (χ2n) is 4.93. The Labute approximate surface area is 100 Å². The molecule has 0 aliphatic heterocycles. The first-order chi connectivity index (χ1) is 8.43. The Morgan fingerprint density at radius 2 is 2.06 bits per heavy atom. The predicted molar refractivity (Wildman–Crippen MR) is 69.9 cm³/mol. The summed E-state index contributed by atoms with van der Waals surface area (Å²) in [6, 6.07) is 8.37. The first kappa shape index (κ1) is 9.29. The van der Waals surface area contributed by atoms with Crippen LogP contribution < -0.4 is 0 Å². The van der Waals surface area contributed by atoms with Crippen molar-refractivity contribution in [2.75, 3.05) is 0 Å². The van der Waals surface area contributed by atoms with Gasteiger partial charge in [-0.05, 0) is 30.9 Å². The van der Waals surface area contributed by atoms with E-state index in [1.165, 1.54) is 23.8 Å². The molecular weight excluding hydrogens is 208 g/mol. The summed E-state index contributed by atoms with van der Waals surface area (Å²) in [7, 11) is 0. The van der Waals surface area contributed by atoms with Crippen molar-refractivity contribution in [3.05, 3.63) is 53.8 Å². The van der Waals surface area contributed by atoms with Crippen molar-refractivity contribution in [3.8, 4) is 0 Å². The van der Waals surface area contributed by atoms with Crippen LogP contribution in [-0.4, -0.2) is 0 Å². The number of fused-ring (bicyclic) bond motifs is 5. The van der Waals surface area contributed by atoms with E-state index in [9.17, 15) is 0 Å². The first-order valence-electron chi connectivity index (χ1n) is 6.30. The number of para-hydroxylation sites is 1. The normalized spacial score (nSPS) is 25.9. The quantitative estimate of drug-likeness (QED) is 0.598. The van der Waals surface area contributed by atoms with Crippen LogP contribution in [0.25, 0.3) is 17.0 Å². The van der Waals surface area contributed by atoms with Crippen molar-refractivity contribution in [2.24, 2.45) is 5.92 Å². The summed E-state index contributed by atoms with van der Waals surface area (Å²) in [5, 5.41) is 1.29. The monoisotopic (exact) mass is 222 g/mol. The average molecular weight is 222 g/mol. The van der Waals surface area contributed by atoms with Crippen LogP contribution in [0.3, 0.4) is 0 Å². The number of furan rings is 1. The highest BCUT2D eigenvalue weighted by Gasteiger charge is 2.29. The number of hydrogen-bond acceptors (Lipinski definition) is 1. The van der Waals surface area contributed by atoms with Crippen LogP contribution in [0.5, 0.6) is 0 Å². The molecule has 2 aliphatic rings.